The third kappa shape index (κ3) is 4.48. The molecule has 3 rings (SSSR count). The van der Waals surface area contributed by atoms with Gasteiger partial charge in [0.25, 0.3) is 5.91 Å². The van der Waals surface area contributed by atoms with Crippen molar-refractivity contribution < 1.29 is 14.3 Å². The van der Waals surface area contributed by atoms with Crippen LogP contribution in [0, 0.1) is 0 Å². The minimum Gasteiger partial charge on any atom is -0.497 e. The van der Waals surface area contributed by atoms with Crippen molar-refractivity contribution in [1.82, 2.24) is 10.2 Å². The lowest BCUT2D eigenvalue weighted by molar-refractivity contribution is -0.115. The van der Waals surface area contributed by atoms with Gasteiger partial charge in [0.15, 0.2) is 0 Å². The van der Waals surface area contributed by atoms with Crippen LogP contribution in [-0.4, -0.2) is 49.7 Å². The second kappa shape index (κ2) is 8.67. The van der Waals surface area contributed by atoms with Gasteiger partial charge in [-0.25, -0.2) is 0 Å². The minimum absolute atomic E-state index is 0.0311. The van der Waals surface area contributed by atoms with Crippen molar-refractivity contribution in [2.75, 3.05) is 33.1 Å². The quantitative estimate of drug-likeness (QED) is 0.781. The fourth-order valence-electron chi connectivity index (χ4n) is 3.07. The van der Waals surface area contributed by atoms with Crippen molar-refractivity contribution in [3.63, 3.8) is 0 Å². The first-order valence-electron chi connectivity index (χ1n) is 9.09. The summed E-state index contributed by atoms with van der Waals surface area (Å²) in [6.45, 7) is 2.33. The van der Waals surface area contributed by atoms with Crippen molar-refractivity contribution in [2.24, 2.45) is 0 Å². The zero-order chi connectivity index (χ0) is 20.3. The van der Waals surface area contributed by atoms with Crippen LogP contribution in [0.4, 0.5) is 5.69 Å². The molecule has 2 aromatic rings. The van der Waals surface area contributed by atoms with Crippen LogP contribution in [0.2, 0.25) is 0 Å². The summed E-state index contributed by atoms with van der Waals surface area (Å²) in [5.74, 6) is 0.594. The lowest BCUT2D eigenvalue weighted by Crippen LogP contribution is -2.34. The number of nitrogens with zero attached hydrogens (tertiary/aromatic N) is 1. The number of methoxy groups -OCH3 is 1. The number of ether oxygens (including phenoxy) is 1. The van der Waals surface area contributed by atoms with Gasteiger partial charge in [-0.1, -0.05) is 12.1 Å². The zero-order valence-electron chi connectivity index (χ0n) is 16.5. The standard InChI is InChI=1S/C21H25N3O3S/c1-13-20(25)23-17-11-15(7-10-19(17)28-13)21(26)22-12-18(24(2)3)14-5-8-16(27-4)9-6-14/h5-11,13,18H,12H2,1-4H3,(H,22,26)(H,23,25)/t13-,18-/m0/s1. The Balaban J connectivity index is 1.69. The van der Waals surface area contributed by atoms with Crippen LogP contribution in [0.3, 0.4) is 0 Å². The second-order valence-corrected chi connectivity index (χ2v) is 8.31. The van der Waals surface area contributed by atoms with Crippen LogP contribution < -0.4 is 15.4 Å². The molecule has 7 heteroatoms. The SMILES string of the molecule is COc1ccc([C@H](CNC(=O)c2ccc3c(c2)NC(=O)[C@H](C)S3)N(C)C)cc1. The molecule has 0 spiro atoms. The average Bonchev–Trinajstić information content (AvgIpc) is 2.68. The highest BCUT2D eigenvalue weighted by atomic mass is 32.2. The van der Waals surface area contributed by atoms with Gasteiger partial charge in [-0.15, -0.1) is 11.8 Å². The molecule has 2 amide bonds. The molecule has 0 aliphatic carbocycles. The largest absolute Gasteiger partial charge is 0.497 e. The molecule has 28 heavy (non-hydrogen) atoms. The van der Waals surface area contributed by atoms with Crippen LogP contribution in [-0.2, 0) is 4.79 Å². The normalized spacial score (nSPS) is 16.9. The number of hydrogen-bond donors (Lipinski definition) is 2. The Kier molecular flexibility index (Phi) is 6.26. The van der Waals surface area contributed by atoms with Gasteiger partial charge >= 0.3 is 0 Å². The summed E-state index contributed by atoms with van der Waals surface area (Å²) < 4.78 is 5.21. The van der Waals surface area contributed by atoms with E-state index in [9.17, 15) is 9.59 Å². The maximum Gasteiger partial charge on any atom is 0.251 e. The number of fused-ring (bicyclic) bond motifs is 1. The summed E-state index contributed by atoms with van der Waals surface area (Å²) in [7, 11) is 5.60. The van der Waals surface area contributed by atoms with Gasteiger partial charge in [0.1, 0.15) is 5.75 Å². The smallest absolute Gasteiger partial charge is 0.251 e. The summed E-state index contributed by atoms with van der Waals surface area (Å²) in [6.07, 6.45) is 0. The molecular formula is C21H25N3O3S. The van der Waals surface area contributed by atoms with E-state index in [-0.39, 0.29) is 23.1 Å². The van der Waals surface area contributed by atoms with E-state index in [0.29, 0.717) is 17.8 Å². The van der Waals surface area contributed by atoms with Crippen molar-refractivity contribution in [3.8, 4) is 5.75 Å². The van der Waals surface area contributed by atoms with Crippen molar-refractivity contribution >= 4 is 29.3 Å². The first-order chi connectivity index (χ1) is 13.4. The van der Waals surface area contributed by atoms with Crippen molar-refractivity contribution in [3.05, 3.63) is 53.6 Å². The van der Waals surface area contributed by atoms with Crippen LogP contribution in [0.5, 0.6) is 5.75 Å². The summed E-state index contributed by atoms with van der Waals surface area (Å²) in [5, 5.41) is 5.74. The molecule has 148 valence electrons. The number of anilines is 1. The average molecular weight is 400 g/mol. The lowest BCUT2D eigenvalue weighted by Gasteiger charge is -2.25. The van der Waals surface area contributed by atoms with Crippen molar-refractivity contribution in [1.29, 1.82) is 0 Å². The Morgan fingerprint density at radius 1 is 1.25 bits per heavy atom. The number of carbonyl (C=O) groups is 2. The van der Waals surface area contributed by atoms with E-state index in [1.807, 2.05) is 51.4 Å². The van der Waals surface area contributed by atoms with Gasteiger partial charge in [0, 0.05) is 17.0 Å². The summed E-state index contributed by atoms with van der Waals surface area (Å²) >= 11 is 1.50. The molecule has 0 fully saturated rings. The van der Waals surface area contributed by atoms with Gasteiger partial charge < -0.3 is 20.3 Å². The number of benzene rings is 2. The number of rotatable bonds is 6. The molecule has 0 radical (unpaired) electrons. The molecular weight excluding hydrogens is 374 g/mol. The Bertz CT molecular complexity index is 868. The Hall–Kier alpha value is -2.51. The first-order valence-corrected chi connectivity index (χ1v) is 9.97. The van der Waals surface area contributed by atoms with E-state index in [1.165, 1.54) is 11.8 Å². The summed E-state index contributed by atoms with van der Waals surface area (Å²) in [5.41, 5.74) is 2.32. The van der Waals surface area contributed by atoms with Gasteiger partial charge in [-0.3, -0.25) is 9.59 Å². The number of likely N-dealkylation sites (N-methyl/N-ethyl adjacent to an activating group) is 1. The summed E-state index contributed by atoms with van der Waals surface area (Å²) in [6, 6.07) is 13.3. The number of carbonyl (C=O) groups excluding carboxylic acids is 2. The predicted molar refractivity (Wildman–Crippen MR) is 112 cm³/mol. The number of amides is 2. The number of hydrogen-bond acceptors (Lipinski definition) is 5. The molecule has 1 heterocycles. The molecule has 0 saturated carbocycles. The molecule has 6 nitrogen and oxygen atoms in total. The van der Waals surface area contributed by atoms with Crippen LogP contribution in [0.1, 0.15) is 28.9 Å². The topological polar surface area (TPSA) is 70.7 Å². The molecule has 2 atom stereocenters. The number of thioether (sulfide) groups is 1. The third-order valence-electron chi connectivity index (χ3n) is 4.75. The van der Waals surface area contributed by atoms with Crippen LogP contribution in [0.15, 0.2) is 47.4 Å². The lowest BCUT2D eigenvalue weighted by atomic mass is 10.1. The molecule has 2 N–H and O–H groups in total. The molecule has 0 unspecified atom stereocenters. The van der Waals surface area contributed by atoms with E-state index in [4.69, 9.17) is 4.74 Å². The molecule has 0 saturated heterocycles. The predicted octanol–water partition coefficient (Wildman–Crippen LogP) is 3.16. The van der Waals surface area contributed by atoms with Gasteiger partial charge in [-0.05, 0) is 56.9 Å². The summed E-state index contributed by atoms with van der Waals surface area (Å²) in [4.78, 5) is 27.6. The molecule has 1 aliphatic rings. The highest BCUT2D eigenvalue weighted by Crippen LogP contribution is 2.35. The fourth-order valence-corrected chi connectivity index (χ4v) is 4.00. The van der Waals surface area contributed by atoms with Crippen LogP contribution in [0.25, 0.3) is 0 Å². The van der Waals surface area contributed by atoms with Gasteiger partial charge in [0.2, 0.25) is 5.91 Å². The Morgan fingerprint density at radius 2 is 1.96 bits per heavy atom. The van der Waals surface area contributed by atoms with E-state index in [1.54, 1.807) is 19.2 Å². The first kappa shape index (κ1) is 20.2. The van der Waals surface area contributed by atoms with Gasteiger partial charge in [-0.2, -0.15) is 0 Å². The second-order valence-electron chi connectivity index (χ2n) is 6.92. The van der Waals surface area contributed by atoms with E-state index >= 15 is 0 Å². The Morgan fingerprint density at radius 3 is 2.61 bits per heavy atom. The van der Waals surface area contributed by atoms with E-state index in [2.05, 4.69) is 15.5 Å². The van der Waals surface area contributed by atoms with Gasteiger partial charge in [0.05, 0.1) is 24.1 Å². The Labute approximate surface area is 169 Å². The molecule has 2 aromatic carbocycles. The molecule has 1 aliphatic heterocycles. The highest BCUT2D eigenvalue weighted by molar-refractivity contribution is 8.00. The maximum absolute atomic E-state index is 12.7. The zero-order valence-corrected chi connectivity index (χ0v) is 17.3. The highest BCUT2D eigenvalue weighted by Gasteiger charge is 2.24. The fraction of sp³-hybridized carbons (Fsp3) is 0.333. The third-order valence-corrected chi connectivity index (χ3v) is 5.93. The maximum atomic E-state index is 12.7. The minimum atomic E-state index is -0.166. The van der Waals surface area contributed by atoms with E-state index < -0.39 is 0 Å². The molecule has 0 bridgehead atoms. The number of nitrogens with one attached hydrogen (secondary N) is 2. The monoisotopic (exact) mass is 399 g/mol. The van der Waals surface area contributed by atoms with Crippen molar-refractivity contribution in [2.45, 2.75) is 23.1 Å². The van der Waals surface area contributed by atoms with Crippen LogP contribution >= 0.6 is 11.8 Å². The molecule has 0 aromatic heterocycles. The van der Waals surface area contributed by atoms with E-state index in [0.717, 1.165) is 16.2 Å².